The Labute approximate surface area is 212 Å². The van der Waals surface area contributed by atoms with Crippen LogP contribution in [0, 0.1) is 6.92 Å². The van der Waals surface area contributed by atoms with E-state index in [1.54, 1.807) is 42.5 Å². The van der Waals surface area contributed by atoms with Crippen LogP contribution in [0.15, 0.2) is 77.8 Å². The summed E-state index contributed by atoms with van der Waals surface area (Å²) in [4.78, 5) is 26.1. The van der Waals surface area contributed by atoms with Crippen molar-refractivity contribution in [3.8, 4) is 5.75 Å². The number of hydrogen-bond donors (Lipinski definition) is 0. The molecule has 1 aromatic heterocycles. The van der Waals surface area contributed by atoms with Gasteiger partial charge >= 0.3 is 5.97 Å². The minimum Gasteiger partial charge on any atom is -0.476 e. The van der Waals surface area contributed by atoms with E-state index in [0.717, 1.165) is 9.87 Å². The zero-order valence-electron chi connectivity index (χ0n) is 19.3. The van der Waals surface area contributed by atoms with Crippen LogP contribution in [-0.4, -0.2) is 44.6 Å². The maximum Gasteiger partial charge on any atom is 0.340 e. The molecule has 0 N–H and O–H groups in total. The van der Waals surface area contributed by atoms with Crippen LogP contribution >= 0.6 is 11.6 Å². The van der Waals surface area contributed by atoms with Crippen molar-refractivity contribution in [1.82, 2.24) is 4.57 Å². The van der Waals surface area contributed by atoms with Gasteiger partial charge in [-0.3, -0.25) is 13.7 Å². The van der Waals surface area contributed by atoms with E-state index in [-0.39, 0.29) is 28.4 Å². The van der Waals surface area contributed by atoms with Crippen molar-refractivity contribution in [1.29, 1.82) is 0 Å². The number of methoxy groups -OCH3 is 1. The average Bonchev–Trinajstić information content (AvgIpc) is 3.27. The van der Waals surface area contributed by atoms with Gasteiger partial charge in [-0.25, -0.2) is 13.2 Å². The number of benzene rings is 3. The molecule has 0 aliphatic carbocycles. The fourth-order valence-corrected chi connectivity index (χ4v) is 5.84. The Balaban J connectivity index is 1.60. The molecule has 2 heterocycles. The molecule has 0 saturated heterocycles. The number of carbonyl (C=O) groups is 2. The number of sulfonamides is 1. The number of esters is 1. The Kier molecular flexibility index (Phi) is 5.97. The first kappa shape index (κ1) is 23.9. The monoisotopic (exact) mass is 524 g/mol. The van der Waals surface area contributed by atoms with Gasteiger partial charge in [-0.1, -0.05) is 47.5 Å². The first-order valence-corrected chi connectivity index (χ1v) is 12.8. The molecule has 1 atom stereocenters. The molecule has 4 aromatic rings. The summed E-state index contributed by atoms with van der Waals surface area (Å²) < 4.78 is 40.6. The first-order valence-electron chi connectivity index (χ1n) is 11.0. The van der Waals surface area contributed by atoms with E-state index in [1.165, 1.54) is 42.1 Å². The smallest absolute Gasteiger partial charge is 0.340 e. The quantitative estimate of drug-likeness (QED) is 0.360. The van der Waals surface area contributed by atoms with Gasteiger partial charge in [0.2, 0.25) is 0 Å². The van der Waals surface area contributed by atoms with Gasteiger partial charge in [0.15, 0.2) is 6.10 Å². The van der Waals surface area contributed by atoms with E-state index in [4.69, 9.17) is 21.1 Å². The largest absolute Gasteiger partial charge is 0.476 e. The van der Waals surface area contributed by atoms with E-state index in [9.17, 15) is 18.0 Å². The number of aryl methyl sites for hydroxylation is 1. The minimum atomic E-state index is -4.05. The van der Waals surface area contributed by atoms with Crippen LogP contribution in [0.3, 0.4) is 0 Å². The third-order valence-electron chi connectivity index (χ3n) is 6.03. The van der Waals surface area contributed by atoms with Gasteiger partial charge in [0.1, 0.15) is 5.75 Å². The number of para-hydroxylation sites is 1. The summed E-state index contributed by atoms with van der Waals surface area (Å²) in [5.74, 6) is -0.929. The van der Waals surface area contributed by atoms with Crippen LogP contribution in [0.2, 0.25) is 5.02 Å². The summed E-state index contributed by atoms with van der Waals surface area (Å²) in [6.45, 7) is 1.57. The van der Waals surface area contributed by atoms with E-state index in [0.29, 0.717) is 15.9 Å². The number of ether oxygens (including phenoxy) is 2. The summed E-state index contributed by atoms with van der Waals surface area (Å²) in [5.41, 5.74) is 1.84. The Morgan fingerprint density at radius 1 is 1.06 bits per heavy atom. The SMILES string of the molecule is COC(=O)c1cn(C(=O)C2CN(S(=O)(=O)c3ccc(C)cc3)c3cc(Cl)ccc3O2)c2ccccc12. The van der Waals surface area contributed by atoms with Gasteiger partial charge in [0, 0.05) is 16.6 Å². The summed E-state index contributed by atoms with van der Waals surface area (Å²) in [6.07, 6.45) is 0.193. The average molecular weight is 525 g/mol. The first-order chi connectivity index (χ1) is 17.2. The second-order valence-corrected chi connectivity index (χ2v) is 10.6. The number of fused-ring (bicyclic) bond motifs is 2. The molecule has 0 bridgehead atoms. The molecular weight excluding hydrogens is 504 g/mol. The fraction of sp³-hybridized carbons (Fsp3) is 0.154. The van der Waals surface area contributed by atoms with E-state index in [2.05, 4.69) is 0 Å². The molecule has 1 unspecified atom stereocenters. The number of anilines is 1. The Morgan fingerprint density at radius 3 is 2.50 bits per heavy atom. The van der Waals surface area contributed by atoms with E-state index in [1.807, 2.05) is 6.92 Å². The van der Waals surface area contributed by atoms with Crippen molar-refractivity contribution < 1.29 is 27.5 Å². The number of nitrogens with zero attached hydrogens (tertiary/aromatic N) is 2. The normalized spacial score (nSPS) is 15.3. The zero-order valence-corrected chi connectivity index (χ0v) is 20.9. The highest BCUT2D eigenvalue weighted by Gasteiger charge is 2.39. The predicted octanol–water partition coefficient (Wildman–Crippen LogP) is 4.69. The van der Waals surface area contributed by atoms with Crippen molar-refractivity contribution >= 4 is 50.1 Å². The summed E-state index contributed by atoms with van der Waals surface area (Å²) in [5, 5.41) is 0.857. The van der Waals surface area contributed by atoms with Gasteiger partial charge < -0.3 is 9.47 Å². The van der Waals surface area contributed by atoms with Crippen LogP contribution in [0.5, 0.6) is 5.75 Å². The van der Waals surface area contributed by atoms with Gasteiger partial charge in [0.25, 0.3) is 15.9 Å². The molecule has 36 heavy (non-hydrogen) atoms. The molecule has 8 nitrogen and oxygen atoms in total. The molecule has 1 aliphatic rings. The van der Waals surface area contributed by atoms with Crippen molar-refractivity contribution in [3.63, 3.8) is 0 Å². The molecule has 5 rings (SSSR count). The number of aromatic nitrogens is 1. The summed E-state index contributed by atoms with van der Waals surface area (Å²) in [6, 6.07) is 17.9. The van der Waals surface area contributed by atoms with Gasteiger partial charge in [-0.05, 0) is 43.3 Å². The maximum absolute atomic E-state index is 13.7. The molecule has 0 spiro atoms. The molecule has 184 valence electrons. The Bertz CT molecular complexity index is 1610. The molecule has 0 radical (unpaired) electrons. The van der Waals surface area contributed by atoms with Crippen LogP contribution in [0.4, 0.5) is 5.69 Å². The third kappa shape index (κ3) is 4.00. The Morgan fingerprint density at radius 2 is 1.78 bits per heavy atom. The molecule has 1 aliphatic heterocycles. The van der Waals surface area contributed by atoms with Gasteiger partial charge in [-0.15, -0.1) is 0 Å². The topological polar surface area (TPSA) is 94.9 Å². The van der Waals surface area contributed by atoms with Crippen LogP contribution < -0.4 is 9.04 Å². The highest BCUT2D eigenvalue weighted by molar-refractivity contribution is 7.92. The molecule has 0 amide bonds. The van der Waals surface area contributed by atoms with Crippen LogP contribution in [0.25, 0.3) is 10.9 Å². The lowest BCUT2D eigenvalue weighted by molar-refractivity contribution is 0.0602. The van der Waals surface area contributed by atoms with E-state index < -0.39 is 28.0 Å². The minimum absolute atomic E-state index is 0.0755. The molecule has 0 fully saturated rings. The number of carbonyl (C=O) groups excluding carboxylic acids is 2. The highest BCUT2D eigenvalue weighted by atomic mass is 35.5. The lowest BCUT2D eigenvalue weighted by atomic mass is 10.2. The fourth-order valence-electron chi connectivity index (χ4n) is 4.21. The predicted molar refractivity (Wildman–Crippen MR) is 135 cm³/mol. The lowest BCUT2D eigenvalue weighted by Crippen LogP contribution is -2.48. The van der Waals surface area contributed by atoms with Crippen molar-refractivity contribution in [3.05, 3.63) is 89.1 Å². The second kappa shape index (κ2) is 9.00. The number of rotatable bonds is 4. The highest BCUT2D eigenvalue weighted by Crippen LogP contribution is 2.39. The number of halogens is 1. The standard InChI is InChI=1S/C26H21ClN2O6S/c1-16-7-10-18(11-8-16)36(32,33)29-15-24(35-23-12-9-17(27)13-22(23)29)25(30)28-14-20(26(31)34-2)19-5-3-4-6-21(19)28/h3-14,24H,15H2,1-2H3. The van der Waals surface area contributed by atoms with E-state index >= 15 is 0 Å². The van der Waals surface area contributed by atoms with Gasteiger partial charge in [0.05, 0.1) is 35.3 Å². The van der Waals surface area contributed by atoms with Gasteiger partial charge in [-0.2, -0.15) is 0 Å². The lowest BCUT2D eigenvalue weighted by Gasteiger charge is -2.35. The number of hydrogen-bond acceptors (Lipinski definition) is 6. The summed E-state index contributed by atoms with van der Waals surface area (Å²) >= 11 is 6.17. The van der Waals surface area contributed by atoms with Crippen LogP contribution in [0.1, 0.15) is 20.7 Å². The van der Waals surface area contributed by atoms with Crippen LogP contribution in [-0.2, 0) is 14.8 Å². The van der Waals surface area contributed by atoms with Crippen molar-refractivity contribution in [2.24, 2.45) is 0 Å². The molecule has 3 aromatic carbocycles. The second-order valence-electron chi connectivity index (χ2n) is 8.33. The zero-order chi connectivity index (χ0) is 25.6. The third-order valence-corrected chi connectivity index (χ3v) is 8.06. The maximum atomic E-state index is 13.7. The molecule has 10 heteroatoms. The van der Waals surface area contributed by atoms with Crippen molar-refractivity contribution in [2.75, 3.05) is 18.0 Å². The van der Waals surface area contributed by atoms with Crippen molar-refractivity contribution in [2.45, 2.75) is 17.9 Å². The Hall–Kier alpha value is -3.82. The summed E-state index contributed by atoms with van der Waals surface area (Å²) in [7, 11) is -2.79. The molecule has 0 saturated carbocycles. The molecular formula is C26H21ClN2O6S.